The molecule has 3 unspecified atom stereocenters. The van der Waals surface area contributed by atoms with Crippen molar-refractivity contribution in [1.82, 2.24) is 0 Å². The highest BCUT2D eigenvalue weighted by atomic mass is 31.2. The van der Waals surface area contributed by atoms with Gasteiger partial charge in [-0.2, -0.15) is 29.7 Å². The van der Waals surface area contributed by atoms with Gasteiger partial charge in [0.1, 0.15) is 0 Å². The highest BCUT2D eigenvalue weighted by Crippen LogP contribution is 2.11. The molecule has 3 nitrogen and oxygen atoms in total. The van der Waals surface area contributed by atoms with E-state index in [1.165, 1.54) is 0 Å². The molecular formula is H12O3P4. The molecule has 7 heteroatoms. The molecule has 3 N–H and O–H groups in total. The van der Waals surface area contributed by atoms with Crippen molar-refractivity contribution in [2.75, 3.05) is 0 Å². The topological polar surface area (TPSA) is 60.7 Å². The summed E-state index contributed by atoms with van der Waals surface area (Å²) in [5.41, 5.74) is 0. The van der Waals surface area contributed by atoms with Crippen LogP contribution in [0.2, 0.25) is 0 Å². The van der Waals surface area contributed by atoms with Gasteiger partial charge in [-0.05, 0) is 0 Å². The van der Waals surface area contributed by atoms with Crippen molar-refractivity contribution in [1.29, 1.82) is 0 Å². The lowest BCUT2D eigenvalue weighted by Crippen LogP contribution is -1.54. The summed E-state index contributed by atoms with van der Waals surface area (Å²) in [7, 11) is -2.62. The Balaban J connectivity index is -0.0000000150. The zero-order valence-corrected chi connectivity index (χ0v) is 9.05. The van der Waals surface area contributed by atoms with Crippen molar-refractivity contribution in [3.8, 4) is 0 Å². The van der Waals surface area contributed by atoms with E-state index in [2.05, 4.69) is 0 Å². The summed E-state index contributed by atoms with van der Waals surface area (Å²) < 4.78 is 0. The second-order valence-electron chi connectivity index (χ2n) is 0.268. The smallest absolute Gasteiger partial charge is 0.324 e. The Morgan fingerprint density at radius 3 is 0.714 bits per heavy atom. The van der Waals surface area contributed by atoms with Crippen molar-refractivity contribution >= 4 is 38.3 Å². The molecule has 0 bridgehead atoms. The van der Waals surface area contributed by atoms with Gasteiger partial charge in [0.05, 0.1) is 0 Å². The Labute approximate surface area is 53.8 Å². The average molecular weight is 184 g/mol. The quantitative estimate of drug-likeness (QED) is 0.439. The molecule has 0 aliphatic heterocycles. The van der Waals surface area contributed by atoms with Crippen LogP contribution in [-0.4, -0.2) is 14.7 Å². The predicted molar refractivity (Wildman–Crippen MR) is 46.9 cm³/mol. The Morgan fingerprint density at radius 1 is 0.714 bits per heavy atom. The van der Waals surface area contributed by atoms with Gasteiger partial charge in [0.2, 0.25) is 0 Å². The molecule has 0 aliphatic carbocycles. The third-order valence-electron chi connectivity index (χ3n) is 0. The average Bonchev–Trinajstić information content (AvgIpc) is 0.811. The standard InChI is InChI=1S/H3O3P.3H3P/c1-4(2)3;;;/h1-3H;3*1H3. The molecule has 0 fully saturated rings. The molecule has 0 aromatic rings. The minimum Gasteiger partial charge on any atom is -0.328 e. The van der Waals surface area contributed by atoms with Crippen LogP contribution in [0.15, 0.2) is 0 Å². The number of hydrogen-bond donors (Lipinski definition) is 3. The molecule has 0 saturated carbocycles. The first-order valence-electron chi connectivity index (χ1n) is 0.600. The molecule has 0 aliphatic rings. The van der Waals surface area contributed by atoms with E-state index in [1.54, 1.807) is 0 Å². The molecule has 50 valence electrons. The lowest BCUT2D eigenvalue weighted by Gasteiger charge is -1.76. The van der Waals surface area contributed by atoms with E-state index >= 15 is 0 Å². The van der Waals surface area contributed by atoms with Gasteiger partial charge in [-0.3, -0.25) is 0 Å². The maximum atomic E-state index is 7.23. The summed E-state index contributed by atoms with van der Waals surface area (Å²) in [5, 5.41) is 0. The van der Waals surface area contributed by atoms with Crippen LogP contribution < -0.4 is 0 Å². The van der Waals surface area contributed by atoms with E-state index in [0.717, 1.165) is 0 Å². The first-order valence-corrected chi connectivity index (χ1v) is 1.80. The summed E-state index contributed by atoms with van der Waals surface area (Å²) in [5.74, 6) is 0. The number of rotatable bonds is 0. The van der Waals surface area contributed by atoms with E-state index in [0.29, 0.717) is 0 Å². The van der Waals surface area contributed by atoms with Crippen molar-refractivity contribution in [2.24, 2.45) is 0 Å². The minimum absolute atomic E-state index is 0. The van der Waals surface area contributed by atoms with Crippen LogP contribution in [0, 0.1) is 0 Å². The third-order valence-corrected chi connectivity index (χ3v) is 0. The Hall–Kier alpha value is 1.60. The Bertz CT molecular complexity index is 11.7. The minimum atomic E-state index is -2.62. The predicted octanol–water partition coefficient (Wildman–Crippen LogP) is -0.636. The van der Waals surface area contributed by atoms with E-state index in [1.807, 2.05) is 0 Å². The van der Waals surface area contributed by atoms with Crippen LogP contribution in [0.3, 0.4) is 0 Å². The molecule has 0 spiro atoms. The van der Waals surface area contributed by atoms with Gasteiger partial charge in [-0.15, -0.1) is 0 Å². The lowest BCUT2D eigenvalue weighted by atomic mass is 15.8. The molecule has 0 heterocycles. The van der Waals surface area contributed by atoms with E-state index in [-0.39, 0.29) is 29.7 Å². The molecule has 0 rings (SSSR count). The number of hydrogen-bond acceptors (Lipinski definition) is 3. The fourth-order valence-electron chi connectivity index (χ4n) is 0. The molecule has 0 amide bonds. The first-order chi connectivity index (χ1) is 1.73. The monoisotopic (exact) mass is 184 g/mol. The van der Waals surface area contributed by atoms with Crippen LogP contribution in [0.5, 0.6) is 0 Å². The van der Waals surface area contributed by atoms with E-state index in [4.69, 9.17) is 14.7 Å². The summed E-state index contributed by atoms with van der Waals surface area (Å²) in [6.07, 6.45) is 0. The van der Waals surface area contributed by atoms with E-state index < -0.39 is 8.60 Å². The van der Waals surface area contributed by atoms with Gasteiger partial charge in [0, 0.05) is 0 Å². The SMILES string of the molecule is OP(O)O.P.P.P. The second-order valence-corrected chi connectivity index (χ2v) is 0.805. The van der Waals surface area contributed by atoms with Crippen LogP contribution >= 0.6 is 38.3 Å². The molecule has 0 aromatic heterocycles. The summed E-state index contributed by atoms with van der Waals surface area (Å²) in [6.45, 7) is 0. The van der Waals surface area contributed by atoms with Crippen LogP contribution in [0.1, 0.15) is 0 Å². The molecule has 0 saturated heterocycles. The van der Waals surface area contributed by atoms with Gasteiger partial charge in [-0.25, -0.2) is 0 Å². The fraction of sp³-hybridized carbons (Fsp3) is 0. The second kappa shape index (κ2) is 15.6. The fourth-order valence-corrected chi connectivity index (χ4v) is 0. The van der Waals surface area contributed by atoms with Crippen LogP contribution in [-0.2, 0) is 0 Å². The molecule has 0 radical (unpaired) electrons. The van der Waals surface area contributed by atoms with Gasteiger partial charge < -0.3 is 14.7 Å². The van der Waals surface area contributed by atoms with Gasteiger partial charge in [0.15, 0.2) is 0 Å². The maximum absolute atomic E-state index is 7.23. The third kappa shape index (κ3) is 93.1. The molecular weight excluding hydrogens is 172 g/mol. The van der Waals surface area contributed by atoms with Crippen molar-refractivity contribution in [3.05, 3.63) is 0 Å². The van der Waals surface area contributed by atoms with Crippen molar-refractivity contribution in [2.45, 2.75) is 0 Å². The highest BCUT2D eigenvalue weighted by molar-refractivity contribution is 7.38. The van der Waals surface area contributed by atoms with Gasteiger partial charge in [0.25, 0.3) is 0 Å². The van der Waals surface area contributed by atoms with Crippen LogP contribution in [0.4, 0.5) is 0 Å². The highest BCUT2D eigenvalue weighted by Gasteiger charge is 1.76. The van der Waals surface area contributed by atoms with E-state index in [9.17, 15) is 0 Å². The Kier molecular flexibility index (Phi) is 52.5. The maximum Gasteiger partial charge on any atom is 0.324 e. The normalized spacial score (nSPS) is 5.14. The first kappa shape index (κ1) is 23.5. The zero-order valence-electron chi connectivity index (χ0n) is 3.91. The van der Waals surface area contributed by atoms with Gasteiger partial charge >= 0.3 is 8.60 Å². The molecule has 7 heavy (non-hydrogen) atoms. The molecule has 0 aromatic carbocycles. The lowest BCUT2D eigenvalue weighted by molar-refractivity contribution is 0.368. The molecule has 3 atom stereocenters. The van der Waals surface area contributed by atoms with Gasteiger partial charge in [-0.1, -0.05) is 0 Å². The van der Waals surface area contributed by atoms with Crippen LogP contribution in [0.25, 0.3) is 0 Å². The summed E-state index contributed by atoms with van der Waals surface area (Å²) in [6, 6.07) is 0. The zero-order chi connectivity index (χ0) is 3.58. The summed E-state index contributed by atoms with van der Waals surface area (Å²) in [4.78, 5) is 21.7. The van der Waals surface area contributed by atoms with Crippen molar-refractivity contribution in [3.63, 3.8) is 0 Å². The largest absolute Gasteiger partial charge is 0.328 e. The Morgan fingerprint density at radius 2 is 0.714 bits per heavy atom. The summed E-state index contributed by atoms with van der Waals surface area (Å²) >= 11 is 0. The van der Waals surface area contributed by atoms with Crippen molar-refractivity contribution < 1.29 is 14.7 Å².